The molecule has 0 aromatic carbocycles. The lowest BCUT2D eigenvalue weighted by molar-refractivity contribution is 0.0592. The fourth-order valence-electron chi connectivity index (χ4n) is 0.653. The number of rotatable bonds is 2. The minimum absolute atomic E-state index is 0.0162. The zero-order chi connectivity index (χ0) is 8.27. The Labute approximate surface area is 62.4 Å². The van der Waals surface area contributed by atoms with Gasteiger partial charge in [-0.1, -0.05) is 0 Å². The first-order chi connectivity index (χ1) is 5.29. The molecule has 0 fully saturated rings. The van der Waals surface area contributed by atoms with Crippen LogP contribution in [0, 0.1) is 0 Å². The van der Waals surface area contributed by atoms with E-state index in [9.17, 15) is 9.59 Å². The van der Waals surface area contributed by atoms with E-state index in [4.69, 9.17) is 0 Å². The van der Waals surface area contributed by atoms with E-state index in [1.54, 1.807) is 0 Å². The lowest BCUT2D eigenvalue weighted by atomic mass is 10.3. The molecule has 0 radical (unpaired) electrons. The largest absolute Gasteiger partial charge is 0.464 e. The Hall–Kier alpha value is -1.65. The van der Waals surface area contributed by atoms with Gasteiger partial charge in [0.1, 0.15) is 5.69 Å². The lowest BCUT2D eigenvalue weighted by Crippen LogP contribution is -2.04. The van der Waals surface area contributed by atoms with Gasteiger partial charge in [0.05, 0.1) is 13.4 Å². The summed E-state index contributed by atoms with van der Waals surface area (Å²) < 4.78 is 4.36. The predicted molar refractivity (Wildman–Crippen MR) is 35.3 cm³/mol. The highest BCUT2D eigenvalue weighted by Gasteiger charge is 2.13. The van der Waals surface area contributed by atoms with Crippen LogP contribution < -0.4 is 0 Å². The van der Waals surface area contributed by atoms with Crippen LogP contribution in [-0.2, 0) is 4.74 Å². The maximum Gasteiger partial charge on any atom is 0.359 e. The number of aldehydes is 1. The van der Waals surface area contributed by atoms with E-state index in [2.05, 4.69) is 14.7 Å². The number of aromatic amines is 1. The number of aromatic nitrogens is 2. The number of esters is 1. The Morgan fingerprint density at radius 3 is 3.09 bits per heavy atom. The SMILES string of the molecule is COC(=O)c1nc[nH]c1C=O. The normalized spacial score (nSPS) is 9.18. The molecule has 0 aliphatic heterocycles. The van der Waals surface area contributed by atoms with E-state index in [1.165, 1.54) is 13.4 Å². The fourth-order valence-corrected chi connectivity index (χ4v) is 0.653. The highest BCUT2D eigenvalue weighted by atomic mass is 16.5. The van der Waals surface area contributed by atoms with Gasteiger partial charge in [0.25, 0.3) is 0 Å². The van der Waals surface area contributed by atoms with Gasteiger partial charge < -0.3 is 9.72 Å². The Kier molecular flexibility index (Phi) is 2.00. The molecule has 0 saturated carbocycles. The summed E-state index contributed by atoms with van der Waals surface area (Å²) in [7, 11) is 1.23. The average Bonchev–Trinajstić information content (AvgIpc) is 2.50. The fraction of sp³-hybridized carbons (Fsp3) is 0.167. The number of nitrogens with zero attached hydrogens (tertiary/aromatic N) is 1. The maximum atomic E-state index is 10.8. The third kappa shape index (κ3) is 1.26. The van der Waals surface area contributed by atoms with E-state index >= 15 is 0 Å². The van der Waals surface area contributed by atoms with Crippen LogP contribution >= 0.6 is 0 Å². The lowest BCUT2D eigenvalue weighted by Gasteiger charge is -1.92. The van der Waals surface area contributed by atoms with Crippen molar-refractivity contribution in [3.8, 4) is 0 Å². The number of carbonyl (C=O) groups excluding carboxylic acids is 2. The van der Waals surface area contributed by atoms with E-state index in [1.807, 2.05) is 0 Å². The molecule has 0 bridgehead atoms. The van der Waals surface area contributed by atoms with Gasteiger partial charge in [-0.05, 0) is 0 Å². The second-order valence-electron chi connectivity index (χ2n) is 1.77. The third-order valence-electron chi connectivity index (χ3n) is 1.17. The highest BCUT2D eigenvalue weighted by Crippen LogP contribution is 2.00. The van der Waals surface area contributed by atoms with Gasteiger partial charge in [0, 0.05) is 0 Å². The van der Waals surface area contributed by atoms with Gasteiger partial charge in [-0.3, -0.25) is 4.79 Å². The number of H-pyrrole nitrogens is 1. The molecule has 58 valence electrons. The van der Waals surface area contributed by atoms with Crippen molar-refractivity contribution in [3.05, 3.63) is 17.7 Å². The van der Waals surface area contributed by atoms with Crippen LogP contribution in [0.3, 0.4) is 0 Å². The van der Waals surface area contributed by atoms with Crippen molar-refractivity contribution < 1.29 is 14.3 Å². The number of ether oxygens (including phenoxy) is 1. The first kappa shape index (κ1) is 7.46. The summed E-state index contributed by atoms with van der Waals surface area (Å²) >= 11 is 0. The summed E-state index contributed by atoms with van der Waals surface area (Å²) in [6.45, 7) is 0. The van der Waals surface area contributed by atoms with Crippen LogP contribution in [0.15, 0.2) is 6.33 Å². The Balaban J connectivity index is 3.01. The third-order valence-corrected chi connectivity index (χ3v) is 1.17. The summed E-state index contributed by atoms with van der Waals surface area (Å²) in [6, 6.07) is 0. The second kappa shape index (κ2) is 2.96. The minimum atomic E-state index is -0.617. The first-order valence-corrected chi connectivity index (χ1v) is 2.86. The summed E-state index contributed by atoms with van der Waals surface area (Å²) in [4.78, 5) is 27.1. The highest BCUT2D eigenvalue weighted by molar-refractivity contribution is 5.95. The van der Waals surface area contributed by atoms with Crippen molar-refractivity contribution in [2.45, 2.75) is 0 Å². The molecule has 0 unspecified atom stereocenters. The molecule has 0 aliphatic carbocycles. The van der Waals surface area contributed by atoms with Crippen LogP contribution in [0.25, 0.3) is 0 Å². The van der Waals surface area contributed by atoms with Gasteiger partial charge in [-0.15, -0.1) is 0 Å². The molecule has 0 spiro atoms. The van der Waals surface area contributed by atoms with Gasteiger partial charge in [0.15, 0.2) is 12.0 Å². The van der Waals surface area contributed by atoms with Crippen LogP contribution in [-0.4, -0.2) is 29.3 Å². The van der Waals surface area contributed by atoms with Crippen LogP contribution in [0.5, 0.6) is 0 Å². The Morgan fingerprint density at radius 1 is 1.82 bits per heavy atom. The van der Waals surface area contributed by atoms with Gasteiger partial charge in [-0.2, -0.15) is 0 Å². The number of imidazole rings is 1. The van der Waals surface area contributed by atoms with Crippen molar-refractivity contribution in [3.63, 3.8) is 0 Å². The van der Waals surface area contributed by atoms with Crippen LogP contribution in [0.4, 0.5) is 0 Å². The van der Waals surface area contributed by atoms with E-state index in [0.717, 1.165) is 0 Å². The zero-order valence-corrected chi connectivity index (χ0v) is 5.83. The molecule has 0 amide bonds. The molecular weight excluding hydrogens is 148 g/mol. The van der Waals surface area contributed by atoms with Crippen molar-refractivity contribution in [1.29, 1.82) is 0 Å². The molecule has 1 aromatic heterocycles. The molecule has 1 rings (SSSR count). The Bertz CT molecular complexity index is 279. The average molecular weight is 154 g/mol. The number of methoxy groups -OCH3 is 1. The first-order valence-electron chi connectivity index (χ1n) is 2.86. The van der Waals surface area contributed by atoms with E-state index in [-0.39, 0.29) is 11.4 Å². The van der Waals surface area contributed by atoms with Crippen LogP contribution in [0.1, 0.15) is 21.0 Å². The zero-order valence-electron chi connectivity index (χ0n) is 5.83. The molecule has 1 heterocycles. The molecular formula is C6H6N2O3. The summed E-state index contributed by atoms with van der Waals surface area (Å²) in [5.41, 5.74) is 0.152. The number of hydrogen-bond acceptors (Lipinski definition) is 4. The smallest absolute Gasteiger partial charge is 0.359 e. The second-order valence-corrected chi connectivity index (χ2v) is 1.77. The molecule has 1 aromatic rings. The minimum Gasteiger partial charge on any atom is -0.464 e. The molecule has 0 saturated heterocycles. The van der Waals surface area contributed by atoms with Crippen molar-refractivity contribution in [2.75, 3.05) is 7.11 Å². The maximum absolute atomic E-state index is 10.8. The van der Waals surface area contributed by atoms with E-state index in [0.29, 0.717) is 6.29 Å². The standard InChI is InChI=1S/C6H6N2O3/c1-11-6(10)5-4(2-9)7-3-8-5/h2-3H,1H3,(H,7,8). The van der Waals surface area contributed by atoms with Gasteiger partial charge in [0.2, 0.25) is 0 Å². The van der Waals surface area contributed by atoms with Crippen molar-refractivity contribution in [1.82, 2.24) is 9.97 Å². The molecule has 5 nitrogen and oxygen atoms in total. The number of carbonyl (C=O) groups is 2. The molecule has 1 N–H and O–H groups in total. The summed E-state index contributed by atoms with van der Waals surface area (Å²) in [5, 5.41) is 0. The van der Waals surface area contributed by atoms with E-state index < -0.39 is 5.97 Å². The molecule has 5 heteroatoms. The number of nitrogens with one attached hydrogen (secondary N) is 1. The summed E-state index contributed by atoms with van der Waals surface area (Å²) in [5.74, 6) is -0.617. The quantitative estimate of drug-likeness (QED) is 0.481. The van der Waals surface area contributed by atoms with Gasteiger partial charge in [-0.25, -0.2) is 9.78 Å². The van der Waals surface area contributed by atoms with Crippen LogP contribution in [0.2, 0.25) is 0 Å². The monoisotopic (exact) mass is 154 g/mol. The summed E-state index contributed by atoms with van der Waals surface area (Å²) in [6.07, 6.45) is 1.77. The van der Waals surface area contributed by atoms with Gasteiger partial charge >= 0.3 is 5.97 Å². The topological polar surface area (TPSA) is 72.0 Å². The Morgan fingerprint density at radius 2 is 2.55 bits per heavy atom. The molecule has 0 atom stereocenters. The predicted octanol–water partition coefficient (Wildman–Crippen LogP) is 0.00880. The molecule has 11 heavy (non-hydrogen) atoms. The molecule has 0 aliphatic rings. The van der Waals surface area contributed by atoms with Crippen molar-refractivity contribution >= 4 is 12.3 Å². The van der Waals surface area contributed by atoms with Crippen molar-refractivity contribution in [2.24, 2.45) is 0 Å². The number of hydrogen-bond donors (Lipinski definition) is 1.